The van der Waals surface area contributed by atoms with Gasteiger partial charge in [-0.1, -0.05) is 0 Å². The lowest BCUT2D eigenvalue weighted by molar-refractivity contribution is -0.383. The van der Waals surface area contributed by atoms with Crippen LogP contribution in [-0.2, 0) is 0 Å². The van der Waals surface area contributed by atoms with E-state index in [1.165, 1.54) is 6.07 Å². The Morgan fingerprint density at radius 1 is 1.31 bits per heavy atom. The molecule has 0 fully saturated rings. The third kappa shape index (κ3) is 1.08. The SMILES string of the molecule is O=[N+]([O-])c1ccc2c3c(ccnc13)C=CN2. The van der Waals surface area contributed by atoms with E-state index >= 15 is 0 Å². The molecule has 0 atom stereocenters. The highest BCUT2D eigenvalue weighted by atomic mass is 16.6. The van der Waals surface area contributed by atoms with E-state index < -0.39 is 4.92 Å². The van der Waals surface area contributed by atoms with Gasteiger partial charge in [-0.05, 0) is 23.8 Å². The van der Waals surface area contributed by atoms with Gasteiger partial charge in [0, 0.05) is 29.5 Å². The normalized spacial score (nSPS) is 12.5. The van der Waals surface area contributed by atoms with E-state index in [1.807, 2.05) is 18.3 Å². The summed E-state index contributed by atoms with van der Waals surface area (Å²) in [6, 6.07) is 5.02. The summed E-state index contributed by atoms with van der Waals surface area (Å²) in [6.07, 6.45) is 5.27. The number of benzene rings is 1. The van der Waals surface area contributed by atoms with Crippen LogP contribution in [0.5, 0.6) is 0 Å². The number of hydrogen-bond acceptors (Lipinski definition) is 4. The molecule has 0 spiro atoms. The Labute approximate surface area is 90.6 Å². The molecule has 1 aromatic heterocycles. The maximum absolute atomic E-state index is 10.9. The van der Waals surface area contributed by atoms with Gasteiger partial charge in [0.05, 0.1) is 4.92 Å². The molecular weight excluding hydrogens is 206 g/mol. The predicted molar refractivity (Wildman–Crippen MR) is 61.1 cm³/mol. The van der Waals surface area contributed by atoms with Crippen molar-refractivity contribution in [1.82, 2.24) is 4.98 Å². The molecule has 16 heavy (non-hydrogen) atoms. The van der Waals surface area contributed by atoms with Crippen molar-refractivity contribution < 1.29 is 4.92 Å². The number of nitro groups is 1. The summed E-state index contributed by atoms with van der Waals surface area (Å²) < 4.78 is 0. The van der Waals surface area contributed by atoms with Crippen molar-refractivity contribution in [3.63, 3.8) is 0 Å². The molecule has 1 aliphatic heterocycles. The van der Waals surface area contributed by atoms with E-state index in [-0.39, 0.29) is 5.69 Å². The van der Waals surface area contributed by atoms with Crippen LogP contribution in [0.4, 0.5) is 11.4 Å². The van der Waals surface area contributed by atoms with Crippen LogP contribution >= 0.6 is 0 Å². The summed E-state index contributed by atoms with van der Waals surface area (Å²) in [7, 11) is 0. The molecule has 0 radical (unpaired) electrons. The molecule has 0 aliphatic carbocycles. The first kappa shape index (κ1) is 8.84. The number of rotatable bonds is 1. The second kappa shape index (κ2) is 3.03. The average Bonchev–Trinajstić information content (AvgIpc) is 2.30. The van der Waals surface area contributed by atoms with Gasteiger partial charge in [0.2, 0.25) is 0 Å². The molecule has 78 valence electrons. The Balaban J connectivity index is 2.49. The first-order valence-electron chi connectivity index (χ1n) is 4.76. The molecule has 2 aromatic rings. The number of aromatic nitrogens is 1. The Morgan fingerprint density at radius 3 is 3.00 bits per heavy atom. The minimum atomic E-state index is -0.409. The minimum absolute atomic E-state index is 0.0395. The molecule has 3 rings (SSSR count). The van der Waals surface area contributed by atoms with Crippen LogP contribution < -0.4 is 5.32 Å². The Morgan fingerprint density at radius 2 is 2.19 bits per heavy atom. The van der Waals surface area contributed by atoms with Gasteiger partial charge in [0.25, 0.3) is 5.69 Å². The third-order valence-corrected chi connectivity index (χ3v) is 2.60. The number of non-ortho nitro benzene ring substituents is 1. The molecule has 5 heteroatoms. The maximum atomic E-state index is 10.9. The van der Waals surface area contributed by atoms with Crippen LogP contribution in [0.1, 0.15) is 5.56 Å². The van der Waals surface area contributed by atoms with Gasteiger partial charge in [-0.3, -0.25) is 10.1 Å². The van der Waals surface area contributed by atoms with Crippen LogP contribution in [0.25, 0.3) is 17.0 Å². The lowest BCUT2D eigenvalue weighted by Crippen LogP contribution is -1.99. The smallest absolute Gasteiger partial charge is 0.295 e. The van der Waals surface area contributed by atoms with Crippen molar-refractivity contribution in [3.8, 4) is 0 Å². The van der Waals surface area contributed by atoms with Crippen LogP contribution in [0.15, 0.2) is 30.6 Å². The molecule has 2 heterocycles. The zero-order valence-electron chi connectivity index (χ0n) is 8.18. The minimum Gasteiger partial charge on any atom is -0.361 e. The van der Waals surface area contributed by atoms with Crippen LogP contribution in [0.3, 0.4) is 0 Å². The van der Waals surface area contributed by atoms with Gasteiger partial charge < -0.3 is 5.32 Å². The second-order valence-corrected chi connectivity index (χ2v) is 3.49. The summed E-state index contributed by atoms with van der Waals surface area (Å²) >= 11 is 0. The van der Waals surface area contributed by atoms with E-state index in [4.69, 9.17) is 0 Å². The van der Waals surface area contributed by atoms with Crippen molar-refractivity contribution in [2.75, 3.05) is 5.32 Å². The summed E-state index contributed by atoms with van der Waals surface area (Å²) in [5.41, 5.74) is 2.27. The molecule has 0 unspecified atom stereocenters. The Bertz CT molecular complexity index is 634. The second-order valence-electron chi connectivity index (χ2n) is 3.49. The number of anilines is 1. The topological polar surface area (TPSA) is 68.1 Å². The van der Waals surface area contributed by atoms with Crippen molar-refractivity contribution in [3.05, 3.63) is 46.3 Å². The van der Waals surface area contributed by atoms with E-state index in [0.29, 0.717) is 5.52 Å². The van der Waals surface area contributed by atoms with Gasteiger partial charge in [-0.2, -0.15) is 0 Å². The number of nitrogens with one attached hydrogen (secondary N) is 1. The van der Waals surface area contributed by atoms with Gasteiger partial charge in [-0.15, -0.1) is 0 Å². The van der Waals surface area contributed by atoms with E-state index in [1.54, 1.807) is 12.3 Å². The van der Waals surface area contributed by atoms with Crippen LogP contribution in [0, 0.1) is 10.1 Å². The highest BCUT2D eigenvalue weighted by molar-refractivity contribution is 6.04. The molecule has 0 amide bonds. The van der Waals surface area contributed by atoms with Gasteiger partial charge >= 0.3 is 0 Å². The molecule has 0 saturated heterocycles. The van der Waals surface area contributed by atoms with Crippen molar-refractivity contribution >= 4 is 28.4 Å². The predicted octanol–water partition coefficient (Wildman–Crippen LogP) is 2.54. The summed E-state index contributed by atoms with van der Waals surface area (Å²) in [6.45, 7) is 0. The molecule has 5 nitrogen and oxygen atoms in total. The fraction of sp³-hybridized carbons (Fsp3) is 0. The molecule has 1 aliphatic rings. The van der Waals surface area contributed by atoms with Gasteiger partial charge in [0.15, 0.2) is 5.52 Å². The fourth-order valence-electron chi connectivity index (χ4n) is 1.91. The van der Waals surface area contributed by atoms with Crippen molar-refractivity contribution in [2.45, 2.75) is 0 Å². The summed E-state index contributed by atoms with van der Waals surface area (Å²) in [5.74, 6) is 0. The molecule has 0 saturated carbocycles. The van der Waals surface area contributed by atoms with E-state index in [2.05, 4.69) is 10.3 Å². The molecular formula is C11H7N3O2. The van der Waals surface area contributed by atoms with Gasteiger partial charge in [0.1, 0.15) is 0 Å². The standard InChI is InChI=1S/C11H7N3O2/c15-14(16)9-2-1-8-10-7(3-5-12-8)4-6-13-11(9)10/h1-6,12H. The van der Waals surface area contributed by atoms with Crippen LogP contribution in [0.2, 0.25) is 0 Å². The van der Waals surface area contributed by atoms with Crippen molar-refractivity contribution in [2.24, 2.45) is 0 Å². The van der Waals surface area contributed by atoms with E-state index in [9.17, 15) is 10.1 Å². The Hall–Kier alpha value is -2.43. The monoisotopic (exact) mass is 213 g/mol. The zero-order valence-corrected chi connectivity index (χ0v) is 8.18. The lowest BCUT2D eigenvalue weighted by atomic mass is 10.0. The summed E-state index contributed by atoms with van der Waals surface area (Å²) in [5, 5.41) is 14.7. The highest BCUT2D eigenvalue weighted by Crippen LogP contribution is 2.34. The maximum Gasteiger partial charge on any atom is 0.295 e. The average molecular weight is 213 g/mol. The number of nitrogens with zero attached hydrogens (tertiary/aromatic N) is 2. The molecule has 1 N–H and O–H groups in total. The third-order valence-electron chi connectivity index (χ3n) is 2.60. The van der Waals surface area contributed by atoms with Gasteiger partial charge in [-0.25, -0.2) is 4.98 Å². The first-order valence-corrected chi connectivity index (χ1v) is 4.76. The number of pyridine rings is 1. The molecule has 1 aromatic carbocycles. The number of nitro benzene ring substituents is 1. The lowest BCUT2D eigenvalue weighted by Gasteiger charge is -2.12. The van der Waals surface area contributed by atoms with E-state index in [0.717, 1.165) is 16.6 Å². The largest absolute Gasteiger partial charge is 0.361 e. The van der Waals surface area contributed by atoms with Crippen molar-refractivity contribution in [1.29, 1.82) is 0 Å². The highest BCUT2D eigenvalue weighted by Gasteiger charge is 2.18. The Kier molecular flexibility index (Phi) is 1.67. The summed E-state index contributed by atoms with van der Waals surface area (Å²) in [4.78, 5) is 14.6. The van der Waals surface area contributed by atoms with Crippen LogP contribution in [-0.4, -0.2) is 9.91 Å². The zero-order chi connectivity index (χ0) is 11.1. The fourth-order valence-corrected chi connectivity index (χ4v) is 1.91. The molecule has 0 bridgehead atoms. The first-order chi connectivity index (χ1) is 7.77. The quantitative estimate of drug-likeness (QED) is 0.583. The number of hydrogen-bond donors (Lipinski definition) is 1.